The molecule has 0 bridgehead atoms. The predicted molar refractivity (Wildman–Crippen MR) is 256 cm³/mol. The average Bonchev–Trinajstić information content (AvgIpc) is 3.22. The van der Waals surface area contributed by atoms with E-state index in [9.17, 15) is 14.4 Å². The van der Waals surface area contributed by atoms with E-state index in [1.54, 1.807) is 0 Å². The summed E-state index contributed by atoms with van der Waals surface area (Å²) in [4.78, 5) is 38.0. The van der Waals surface area contributed by atoms with Gasteiger partial charge in [-0.2, -0.15) is 0 Å². The normalized spacial score (nSPS) is 12.1. The summed E-state index contributed by atoms with van der Waals surface area (Å²) in [6.45, 7) is 11.4. The van der Waals surface area contributed by atoms with E-state index in [2.05, 4.69) is 34.6 Å². The van der Waals surface area contributed by atoms with Gasteiger partial charge in [0.25, 0.3) is 0 Å². The Morgan fingerprint density at radius 2 is 0.550 bits per heavy atom. The number of esters is 3. The monoisotopic (exact) mass is 849 g/mol. The lowest BCUT2D eigenvalue weighted by molar-refractivity contribution is -0.167. The van der Waals surface area contributed by atoms with Crippen molar-refractivity contribution in [1.82, 2.24) is 0 Å². The Bertz CT molecular complexity index is 916. The summed E-state index contributed by atoms with van der Waals surface area (Å²) in [6, 6.07) is 0. The van der Waals surface area contributed by atoms with Gasteiger partial charge in [0.15, 0.2) is 6.10 Å². The fraction of sp³-hybridized carbons (Fsp3) is 0.944. The molecule has 0 aliphatic heterocycles. The van der Waals surface area contributed by atoms with Crippen LogP contribution in [-0.4, -0.2) is 37.2 Å². The van der Waals surface area contributed by atoms with Gasteiger partial charge in [0.05, 0.1) is 0 Å². The molecular formula is C54H104O6. The lowest BCUT2D eigenvalue weighted by atomic mass is 10.0. The second kappa shape index (κ2) is 46.9. The highest BCUT2D eigenvalue weighted by molar-refractivity contribution is 5.71. The third-order valence-corrected chi connectivity index (χ3v) is 12.2. The van der Waals surface area contributed by atoms with Crippen LogP contribution in [0.1, 0.15) is 298 Å². The van der Waals surface area contributed by atoms with Gasteiger partial charge in [-0.25, -0.2) is 0 Å². The summed E-state index contributed by atoms with van der Waals surface area (Å²) < 4.78 is 16.8. The predicted octanol–water partition coefficient (Wildman–Crippen LogP) is 17.3. The third kappa shape index (κ3) is 47.5. The maximum absolute atomic E-state index is 12.8. The Kier molecular flexibility index (Phi) is 45.7. The zero-order valence-electron chi connectivity index (χ0n) is 41.1. The first-order valence-electron chi connectivity index (χ1n) is 26.7. The van der Waals surface area contributed by atoms with Crippen molar-refractivity contribution in [3.8, 4) is 0 Å². The van der Waals surface area contributed by atoms with Crippen molar-refractivity contribution in [2.24, 2.45) is 11.8 Å². The minimum absolute atomic E-state index is 0.0633. The number of rotatable bonds is 48. The summed E-state index contributed by atoms with van der Waals surface area (Å²) in [6.07, 6.45) is 48.0. The van der Waals surface area contributed by atoms with Gasteiger partial charge in [0, 0.05) is 19.3 Å². The standard InChI is InChI=1S/C54H104O6/c1-6-7-8-9-10-11-17-26-31-36-41-46-54(57)60-51(48-59-53(56)45-40-35-30-25-21-16-15-19-23-28-33-38-43-50(4)5)47-58-52(55)44-39-34-29-24-20-14-12-13-18-22-27-32-37-42-49(2)3/h49-51H,6-48H2,1-5H3/t51-/m1/s1. The van der Waals surface area contributed by atoms with Crippen molar-refractivity contribution in [2.45, 2.75) is 304 Å². The van der Waals surface area contributed by atoms with Gasteiger partial charge in [-0.3, -0.25) is 14.4 Å². The Balaban J connectivity index is 4.28. The first-order chi connectivity index (χ1) is 29.2. The maximum Gasteiger partial charge on any atom is 0.306 e. The number of carbonyl (C=O) groups excluding carboxylic acids is 3. The highest BCUT2D eigenvalue weighted by atomic mass is 16.6. The number of carbonyl (C=O) groups is 3. The fourth-order valence-corrected chi connectivity index (χ4v) is 8.17. The van der Waals surface area contributed by atoms with Crippen molar-refractivity contribution in [2.75, 3.05) is 13.2 Å². The minimum Gasteiger partial charge on any atom is -0.462 e. The van der Waals surface area contributed by atoms with E-state index in [0.717, 1.165) is 69.6 Å². The van der Waals surface area contributed by atoms with Crippen molar-refractivity contribution in [3.63, 3.8) is 0 Å². The Morgan fingerprint density at radius 3 is 0.817 bits per heavy atom. The van der Waals surface area contributed by atoms with Gasteiger partial charge < -0.3 is 14.2 Å². The van der Waals surface area contributed by atoms with Gasteiger partial charge in [-0.05, 0) is 31.1 Å². The van der Waals surface area contributed by atoms with Gasteiger partial charge in [-0.1, -0.05) is 259 Å². The zero-order valence-corrected chi connectivity index (χ0v) is 41.1. The lowest BCUT2D eigenvalue weighted by Crippen LogP contribution is -2.30. The Morgan fingerprint density at radius 1 is 0.317 bits per heavy atom. The Labute approximate surface area is 374 Å². The molecule has 0 aromatic heterocycles. The number of hydrogen-bond donors (Lipinski definition) is 0. The fourth-order valence-electron chi connectivity index (χ4n) is 8.17. The van der Waals surface area contributed by atoms with Crippen molar-refractivity contribution < 1.29 is 28.6 Å². The second-order valence-electron chi connectivity index (χ2n) is 19.5. The summed E-state index contributed by atoms with van der Waals surface area (Å²) in [5, 5.41) is 0. The molecule has 0 amide bonds. The molecule has 0 rings (SSSR count). The van der Waals surface area contributed by atoms with E-state index in [4.69, 9.17) is 14.2 Å². The van der Waals surface area contributed by atoms with E-state index >= 15 is 0 Å². The highest BCUT2D eigenvalue weighted by Crippen LogP contribution is 2.17. The molecule has 0 aliphatic rings. The van der Waals surface area contributed by atoms with Crippen LogP contribution in [0.3, 0.4) is 0 Å². The number of ether oxygens (including phenoxy) is 3. The van der Waals surface area contributed by atoms with E-state index in [-0.39, 0.29) is 31.1 Å². The van der Waals surface area contributed by atoms with Crippen molar-refractivity contribution in [1.29, 1.82) is 0 Å². The molecule has 0 aromatic carbocycles. The van der Waals surface area contributed by atoms with E-state index < -0.39 is 6.10 Å². The average molecular weight is 849 g/mol. The summed E-state index contributed by atoms with van der Waals surface area (Å²) in [5.41, 5.74) is 0. The topological polar surface area (TPSA) is 78.9 Å². The molecule has 1 atom stereocenters. The van der Waals surface area contributed by atoms with Gasteiger partial charge in [0.2, 0.25) is 0 Å². The van der Waals surface area contributed by atoms with Crippen LogP contribution >= 0.6 is 0 Å². The molecule has 0 unspecified atom stereocenters. The van der Waals surface area contributed by atoms with E-state index in [1.165, 1.54) is 186 Å². The third-order valence-electron chi connectivity index (χ3n) is 12.2. The van der Waals surface area contributed by atoms with Crippen LogP contribution in [0.25, 0.3) is 0 Å². The van der Waals surface area contributed by atoms with E-state index in [0.29, 0.717) is 19.3 Å². The first-order valence-corrected chi connectivity index (χ1v) is 26.7. The molecule has 6 nitrogen and oxygen atoms in total. The number of hydrogen-bond acceptors (Lipinski definition) is 6. The van der Waals surface area contributed by atoms with Crippen LogP contribution in [-0.2, 0) is 28.6 Å². The van der Waals surface area contributed by atoms with Crippen LogP contribution in [0, 0.1) is 11.8 Å². The highest BCUT2D eigenvalue weighted by Gasteiger charge is 2.19. The molecule has 0 fully saturated rings. The molecule has 0 heterocycles. The van der Waals surface area contributed by atoms with Crippen LogP contribution in [0.4, 0.5) is 0 Å². The van der Waals surface area contributed by atoms with Crippen molar-refractivity contribution >= 4 is 17.9 Å². The molecule has 0 spiro atoms. The SMILES string of the molecule is CCCCCCCCCCCCCC(=O)O[C@H](COC(=O)CCCCCCCCCCCCCCCC(C)C)COC(=O)CCCCCCCCCCCCCCC(C)C. The lowest BCUT2D eigenvalue weighted by Gasteiger charge is -2.18. The zero-order chi connectivity index (χ0) is 44.0. The molecule has 0 saturated heterocycles. The van der Waals surface area contributed by atoms with Crippen LogP contribution in [0.15, 0.2) is 0 Å². The van der Waals surface area contributed by atoms with Crippen LogP contribution in [0.5, 0.6) is 0 Å². The number of unbranched alkanes of at least 4 members (excludes halogenated alkanes) is 33. The van der Waals surface area contributed by atoms with Crippen LogP contribution in [0.2, 0.25) is 0 Å². The molecule has 0 radical (unpaired) electrons. The summed E-state index contributed by atoms with van der Waals surface area (Å²) in [5.74, 6) is 0.828. The van der Waals surface area contributed by atoms with Gasteiger partial charge in [-0.15, -0.1) is 0 Å². The molecule has 60 heavy (non-hydrogen) atoms. The first kappa shape index (κ1) is 58.4. The van der Waals surface area contributed by atoms with Gasteiger partial charge in [0.1, 0.15) is 13.2 Å². The molecule has 0 aromatic rings. The Hall–Kier alpha value is -1.59. The molecule has 0 N–H and O–H groups in total. The quantitative estimate of drug-likeness (QED) is 0.0345. The molecule has 0 saturated carbocycles. The summed E-state index contributed by atoms with van der Waals surface area (Å²) >= 11 is 0. The smallest absolute Gasteiger partial charge is 0.306 e. The molecule has 356 valence electrons. The van der Waals surface area contributed by atoms with Crippen LogP contribution < -0.4 is 0 Å². The maximum atomic E-state index is 12.8. The molecule has 6 heteroatoms. The second-order valence-corrected chi connectivity index (χ2v) is 19.5. The summed E-state index contributed by atoms with van der Waals surface area (Å²) in [7, 11) is 0. The minimum atomic E-state index is -0.761. The van der Waals surface area contributed by atoms with Crippen molar-refractivity contribution in [3.05, 3.63) is 0 Å². The van der Waals surface area contributed by atoms with Gasteiger partial charge >= 0.3 is 17.9 Å². The van der Waals surface area contributed by atoms with E-state index in [1.807, 2.05) is 0 Å². The molecule has 0 aliphatic carbocycles. The largest absolute Gasteiger partial charge is 0.462 e. The molecular weight excluding hydrogens is 745 g/mol.